The Morgan fingerprint density at radius 3 is 2.56 bits per heavy atom. The quantitative estimate of drug-likeness (QED) is 0.689. The van der Waals surface area contributed by atoms with Gasteiger partial charge in [-0.15, -0.1) is 0 Å². The monoisotopic (exact) mass is 220 g/mol. The van der Waals surface area contributed by atoms with Crippen LogP contribution in [0.15, 0.2) is 24.3 Å². The molecule has 16 heavy (non-hydrogen) atoms. The molecule has 1 rings (SSSR count). The standard InChI is InChI=1S/C14H24N2/c1-12(2)10-15-7-8-16-11-14-6-4-5-13(3)9-14/h4-6,9,12,15-16H,7-8,10-11H2,1-3H3. The fraction of sp³-hybridized carbons (Fsp3) is 0.571. The zero-order valence-corrected chi connectivity index (χ0v) is 10.7. The smallest absolute Gasteiger partial charge is 0.0206 e. The van der Waals surface area contributed by atoms with Crippen LogP contribution >= 0.6 is 0 Å². The minimum Gasteiger partial charge on any atom is -0.315 e. The van der Waals surface area contributed by atoms with E-state index < -0.39 is 0 Å². The number of hydrogen-bond donors (Lipinski definition) is 2. The maximum atomic E-state index is 3.44. The molecule has 0 saturated carbocycles. The Hall–Kier alpha value is -0.860. The summed E-state index contributed by atoms with van der Waals surface area (Å²) in [5.41, 5.74) is 2.70. The molecular weight excluding hydrogens is 196 g/mol. The molecule has 2 nitrogen and oxygen atoms in total. The predicted molar refractivity (Wildman–Crippen MR) is 70.6 cm³/mol. The fourth-order valence-corrected chi connectivity index (χ4v) is 1.62. The van der Waals surface area contributed by atoms with Gasteiger partial charge in [-0.1, -0.05) is 43.7 Å². The van der Waals surface area contributed by atoms with Gasteiger partial charge in [-0.25, -0.2) is 0 Å². The summed E-state index contributed by atoms with van der Waals surface area (Å²) in [5.74, 6) is 0.733. The van der Waals surface area contributed by atoms with E-state index in [0.29, 0.717) is 0 Å². The van der Waals surface area contributed by atoms with Crippen LogP contribution in [0.1, 0.15) is 25.0 Å². The molecule has 0 fully saturated rings. The minimum absolute atomic E-state index is 0.733. The summed E-state index contributed by atoms with van der Waals surface area (Å²) in [6.07, 6.45) is 0. The third-order valence-corrected chi connectivity index (χ3v) is 2.44. The van der Waals surface area contributed by atoms with Crippen LogP contribution in [0.3, 0.4) is 0 Å². The average Bonchev–Trinajstić information content (AvgIpc) is 2.23. The predicted octanol–water partition coefficient (Wildman–Crippen LogP) is 2.33. The van der Waals surface area contributed by atoms with E-state index in [1.807, 2.05) is 0 Å². The van der Waals surface area contributed by atoms with E-state index >= 15 is 0 Å². The van der Waals surface area contributed by atoms with E-state index in [1.165, 1.54) is 11.1 Å². The van der Waals surface area contributed by atoms with Gasteiger partial charge in [0.2, 0.25) is 0 Å². The summed E-state index contributed by atoms with van der Waals surface area (Å²) in [5, 5.41) is 6.86. The van der Waals surface area contributed by atoms with Gasteiger partial charge in [-0.3, -0.25) is 0 Å². The zero-order chi connectivity index (χ0) is 11.8. The molecule has 1 aromatic rings. The van der Waals surface area contributed by atoms with E-state index in [0.717, 1.165) is 32.1 Å². The van der Waals surface area contributed by atoms with Crippen molar-refractivity contribution in [3.63, 3.8) is 0 Å². The molecule has 90 valence electrons. The highest BCUT2D eigenvalue weighted by atomic mass is 14.9. The molecule has 0 heterocycles. The first-order valence-corrected chi connectivity index (χ1v) is 6.15. The van der Waals surface area contributed by atoms with Crippen molar-refractivity contribution in [1.29, 1.82) is 0 Å². The Morgan fingerprint density at radius 2 is 1.88 bits per heavy atom. The SMILES string of the molecule is Cc1cccc(CNCCNCC(C)C)c1. The second-order valence-electron chi connectivity index (χ2n) is 4.76. The molecule has 0 aromatic heterocycles. The molecule has 0 spiro atoms. The second kappa shape index (κ2) is 7.42. The molecule has 0 unspecified atom stereocenters. The first kappa shape index (κ1) is 13.2. The van der Waals surface area contributed by atoms with Gasteiger partial charge in [0.25, 0.3) is 0 Å². The molecule has 1 aromatic carbocycles. The lowest BCUT2D eigenvalue weighted by molar-refractivity contribution is 0.535. The normalized spacial score (nSPS) is 11.0. The zero-order valence-electron chi connectivity index (χ0n) is 10.7. The third-order valence-electron chi connectivity index (χ3n) is 2.44. The van der Waals surface area contributed by atoms with Gasteiger partial charge in [0, 0.05) is 19.6 Å². The van der Waals surface area contributed by atoms with E-state index in [2.05, 4.69) is 55.7 Å². The van der Waals surface area contributed by atoms with Crippen molar-refractivity contribution in [2.45, 2.75) is 27.3 Å². The van der Waals surface area contributed by atoms with Crippen LogP contribution in [0.2, 0.25) is 0 Å². The van der Waals surface area contributed by atoms with Crippen LogP contribution in [0, 0.1) is 12.8 Å². The topological polar surface area (TPSA) is 24.1 Å². The van der Waals surface area contributed by atoms with Crippen molar-refractivity contribution in [3.8, 4) is 0 Å². The Balaban J connectivity index is 2.07. The van der Waals surface area contributed by atoms with Gasteiger partial charge in [-0.05, 0) is 24.9 Å². The van der Waals surface area contributed by atoms with Gasteiger partial charge < -0.3 is 10.6 Å². The maximum Gasteiger partial charge on any atom is 0.0206 e. The molecule has 0 saturated heterocycles. The third kappa shape index (κ3) is 5.89. The van der Waals surface area contributed by atoms with E-state index in [4.69, 9.17) is 0 Å². The molecule has 0 aliphatic rings. The van der Waals surface area contributed by atoms with Crippen molar-refractivity contribution >= 4 is 0 Å². The summed E-state index contributed by atoms with van der Waals surface area (Å²) < 4.78 is 0. The van der Waals surface area contributed by atoms with E-state index in [-0.39, 0.29) is 0 Å². The molecule has 0 atom stereocenters. The number of hydrogen-bond acceptors (Lipinski definition) is 2. The van der Waals surface area contributed by atoms with Gasteiger partial charge in [0.05, 0.1) is 0 Å². The van der Waals surface area contributed by atoms with Crippen LogP contribution in [-0.4, -0.2) is 19.6 Å². The fourth-order valence-electron chi connectivity index (χ4n) is 1.62. The first-order chi connectivity index (χ1) is 7.68. The van der Waals surface area contributed by atoms with Crippen LogP contribution in [-0.2, 0) is 6.54 Å². The molecule has 2 heteroatoms. The second-order valence-corrected chi connectivity index (χ2v) is 4.76. The van der Waals surface area contributed by atoms with Gasteiger partial charge in [0.1, 0.15) is 0 Å². The number of nitrogens with one attached hydrogen (secondary N) is 2. The lowest BCUT2D eigenvalue weighted by atomic mass is 10.1. The number of benzene rings is 1. The molecule has 0 radical (unpaired) electrons. The van der Waals surface area contributed by atoms with Gasteiger partial charge in [-0.2, -0.15) is 0 Å². The Bertz CT molecular complexity index is 295. The largest absolute Gasteiger partial charge is 0.315 e. The summed E-state index contributed by atoms with van der Waals surface area (Å²) in [4.78, 5) is 0. The van der Waals surface area contributed by atoms with Crippen LogP contribution < -0.4 is 10.6 Å². The Labute approximate surface area is 99.5 Å². The first-order valence-electron chi connectivity index (χ1n) is 6.15. The lowest BCUT2D eigenvalue weighted by Crippen LogP contribution is -2.29. The molecular formula is C14H24N2. The molecule has 0 aliphatic carbocycles. The number of aryl methyl sites for hydroxylation is 1. The Morgan fingerprint density at radius 1 is 1.12 bits per heavy atom. The van der Waals surface area contributed by atoms with Crippen LogP contribution in [0.25, 0.3) is 0 Å². The van der Waals surface area contributed by atoms with Crippen molar-refractivity contribution < 1.29 is 0 Å². The van der Waals surface area contributed by atoms with Gasteiger partial charge in [0.15, 0.2) is 0 Å². The maximum absolute atomic E-state index is 3.44. The molecule has 2 N–H and O–H groups in total. The Kier molecular flexibility index (Phi) is 6.12. The minimum atomic E-state index is 0.733. The van der Waals surface area contributed by atoms with E-state index in [9.17, 15) is 0 Å². The van der Waals surface area contributed by atoms with Crippen molar-refractivity contribution in [1.82, 2.24) is 10.6 Å². The highest BCUT2D eigenvalue weighted by molar-refractivity contribution is 5.21. The molecule has 0 amide bonds. The van der Waals surface area contributed by atoms with Crippen molar-refractivity contribution in [2.75, 3.05) is 19.6 Å². The number of rotatable bonds is 7. The summed E-state index contributed by atoms with van der Waals surface area (Å²) >= 11 is 0. The molecule has 0 bridgehead atoms. The highest BCUT2D eigenvalue weighted by Gasteiger charge is 1.94. The van der Waals surface area contributed by atoms with Crippen molar-refractivity contribution in [3.05, 3.63) is 35.4 Å². The highest BCUT2D eigenvalue weighted by Crippen LogP contribution is 2.02. The lowest BCUT2D eigenvalue weighted by Gasteiger charge is -2.08. The average molecular weight is 220 g/mol. The summed E-state index contributed by atoms with van der Waals surface area (Å²) in [7, 11) is 0. The summed E-state index contributed by atoms with van der Waals surface area (Å²) in [6, 6.07) is 8.65. The van der Waals surface area contributed by atoms with Gasteiger partial charge >= 0.3 is 0 Å². The van der Waals surface area contributed by atoms with Crippen LogP contribution in [0.4, 0.5) is 0 Å². The van der Waals surface area contributed by atoms with Crippen molar-refractivity contribution in [2.24, 2.45) is 5.92 Å². The summed E-state index contributed by atoms with van der Waals surface area (Å²) in [6.45, 7) is 10.7. The van der Waals surface area contributed by atoms with E-state index in [1.54, 1.807) is 0 Å². The molecule has 0 aliphatic heterocycles. The van der Waals surface area contributed by atoms with Crippen LogP contribution in [0.5, 0.6) is 0 Å².